The molecule has 0 aromatic heterocycles. The Labute approximate surface area is 147 Å². The van der Waals surface area contributed by atoms with Gasteiger partial charge < -0.3 is 15.0 Å². The van der Waals surface area contributed by atoms with Crippen LogP contribution in [0, 0.1) is 12.8 Å². The van der Waals surface area contributed by atoms with E-state index in [1.807, 2.05) is 55.5 Å². The maximum atomic E-state index is 12.4. The predicted octanol–water partition coefficient (Wildman–Crippen LogP) is 2.99. The lowest BCUT2D eigenvalue weighted by Crippen LogP contribution is -2.28. The number of methoxy groups -OCH3 is 1. The molecule has 2 aromatic carbocycles. The summed E-state index contributed by atoms with van der Waals surface area (Å²) < 4.78 is 5.21. The average Bonchev–Trinajstić information content (AvgIpc) is 2.98. The maximum Gasteiger partial charge on any atom is 0.229 e. The van der Waals surface area contributed by atoms with E-state index in [2.05, 4.69) is 5.32 Å². The zero-order chi connectivity index (χ0) is 17.8. The first-order chi connectivity index (χ1) is 12.0. The summed E-state index contributed by atoms with van der Waals surface area (Å²) in [4.78, 5) is 26.4. The van der Waals surface area contributed by atoms with Crippen molar-refractivity contribution in [3.8, 4) is 5.75 Å². The van der Waals surface area contributed by atoms with Crippen molar-refractivity contribution in [2.75, 3.05) is 19.0 Å². The molecule has 130 valence electrons. The summed E-state index contributed by atoms with van der Waals surface area (Å²) in [6.45, 7) is 2.93. The van der Waals surface area contributed by atoms with Crippen LogP contribution in [0.25, 0.3) is 0 Å². The third-order valence-corrected chi connectivity index (χ3v) is 4.41. The van der Waals surface area contributed by atoms with Crippen molar-refractivity contribution < 1.29 is 14.3 Å². The standard InChI is InChI=1S/C20H22N2O3/c1-14-6-8-17(9-7-14)21-20(24)16-11-19(23)22(13-16)12-15-4-3-5-18(10-15)25-2/h3-10,16H,11-13H2,1-2H3,(H,21,24)/t16-/m1/s1. The van der Waals surface area contributed by atoms with Crippen LogP contribution in [-0.2, 0) is 16.1 Å². The van der Waals surface area contributed by atoms with Gasteiger partial charge >= 0.3 is 0 Å². The van der Waals surface area contributed by atoms with Gasteiger partial charge in [0.15, 0.2) is 0 Å². The molecule has 2 amide bonds. The van der Waals surface area contributed by atoms with Gasteiger partial charge in [-0.15, -0.1) is 0 Å². The van der Waals surface area contributed by atoms with Gasteiger partial charge in [-0.25, -0.2) is 0 Å². The van der Waals surface area contributed by atoms with Gasteiger partial charge in [-0.05, 0) is 36.8 Å². The molecular formula is C20H22N2O3. The smallest absolute Gasteiger partial charge is 0.229 e. The summed E-state index contributed by atoms with van der Waals surface area (Å²) in [6.07, 6.45) is 0.252. The molecule has 0 bridgehead atoms. The summed E-state index contributed by atoms with van der Waals surface area (Å²) >= 11 is 0. The van der Waals surface area contributed by atoms with E-state index in [1.165, 1.54) is 0 Å². The fourth-order valence-electron chi connectivity index (χ4n) is 2.97. The minimum absolute atomic E-state index is 0.00637. The molecular weight excluding hydrogens is 316 g/mol. The van der Waals surface area contributed by atoms with Crippen molar-refractivity contribution in [2.24, 2.45) is 5.92 Å². The second-order valence-electron chi connectivity index (χ2n) is 6.38. The van der Waals surface area contributed by atoms with E-state index in [-0.39, 0.29) is 24.2 Å². The molecule has 2 aromatic rings. The quantitative estimate of drug-likeness (QED) is 0.912. The summed E-state index contributed by atoms with van der Waals surface area (Å²) in [5, 5.41) is 2.90. The van der Waals surface area contributed by atoms with E-state index in [9.17, 15) is 9.59 Å². The molecule has 1 saturated heterocycles. The largest absolute Gasteiger partial charge is 0.497 e. The third-order valence-electron chi connectivity index (χ3n) is 4.41. The van der Waals surface area contributed by atoms with Crippen molar-refractivity contribution >= 4 is 17.5 Å². The maximum absolute atomic E-state index is 12.4. The van der Waals surface area contributed by atoms with Gasteiger partial charge in [-0.1, -0.05) is 29.8 Å². The summed E-state index contributed by atoms with van der Waals surface area (Å²) in [5.74, 6) is 0.342. The van der Waals surface area contributed by atoms with Gasteiger partial charge in [0.1, 0.15) is 5.75 Å². The second kappa shape index (κ2) is 7.38. The lowest BCUT2D eigenvalue weighted by Gasteiger charge is -2.17. The lowest BCUT2D eigenvalue weighted by atomic mass is 10.1. The van der Waals surface area contributed by atoms with Gasteiger partial charge in [0.05, 0.1) is 13.0 Å². The lowest BCUT2D eigenvalue weighted by molar-refractivity contribution is -0.128. The minimum atomic E-state index is -0.320. The summed E-state index contributed by atoms with van der Waals surface area (Å²) in [6, 6.07) is 15.3. The normalized spacial score (nSPS) is 16.8. The molecule has 1 N–H and O–H groups in total. The minimum Gasteiger partial charge on any atom is -0.497 e. The van der Waals surface area contributed by atoms with Gasteiger partial charge in [0, 0.05) is 25.2 Å². The zero-order valence-corrected chi connectivity index (χ0v) is 14.5. The Morgan fingerprint density at radius 3 is 2.72 bits per heavy atom. The van der Waals surface area contributed by atoms with Crippen molar-refractivity contribution in [1.29, 1.82) is 0 Å². The van der Waals surface area contributed by atoms with Crippen LogP contribution >= 0.6 is 0 Å². The number of rotatable bonds is 5. The molecule has 3 rings (SSSR count). The van der Waals surface area contributed by atoms with E-state index in [4.69, 9.17) is 4.74 Å². The van der Waals surface area contributed by atoms with Gasteiger partial charge in [-0.2, -0.15) is 0 Å². The molecule has 1 fully saturated rings. The molecule has 1 heterocycles. The molecule has 0 unspecified atom stereocenters. The number of carbonyl (C=O) groups is 2. The molecule has 25 heavy (non-hydrogen) atoms. The summed E-state index contributed by atoms with van der Waals surface area (Å²) in [5.41, 5.74) is 2.89. The fraction of sp³-hybridized carbons (Fsp3) is 0.300. The number of amides is 2. The molecule has 1 aliphatic heterocycles. The average molecular weight is 338 g/mol. The predicted molar refractivity (Wildman–Crippen MR) is 96.3 cm³/mol. The molecule has 5 nitrogen and oxygen atoms in total. The van der Waals surface area contributed by atoms with Crippen LogP contribution in [0.15, 0.2) is 48.5 Å². The van der Waals surface area contributed by atoms with Gasteiger partial charge in [0.25, 0.3) is 0 Å². The highest BCUT2D eigenvalue weighted by atomic mass is 16.5. The zero-order valence-electron chi connectivity index (χ0n) is 14.5. The number of carbonyl (C=O) groups excluding carboxylic acids is 2. The fourth-order valence-corrected chi connectivity index (χ4v) is 2.97. The van der Waals surface area contributed by atoms with Crippen LogP contribution in [0.5, 0.6) is 5.75 Å². The number of benzene rings is 2. The number of hydrogen-bond acceptors (Lipinski definition) is 3. The Balaban J connectivity index is 1.61. The number of anilines is 1. The van der Waals surface area contributed by atoms with Crippen LogP contribution < -0.4 is 10.1 Å². The molecule has 1 atom stereocenters. The molecule has 0 aliphatic carbocycles. The monoisotopic (exact) mass is 338 g/mol. The van der Waals surface area contributed by atoms with E-state index in [0.29, 0.717) is 13.1 Å². The molecule has 0 saturated carbocycles. The Morgan fingerprint density at radius 1 is 1.24 bits per heavy atom. The topological polar surface area (TPSA) is 58.6 Å². The molecule has 1 aliphatic rings. The van der Waals surface area contributed by atoms with Crippen LogP contribution in [0.1, 0.15) is 17.5 Å². The first kappa shape index (κ1) is 17.0. The van der Waals surface area contributed by atoms with Crippen molar-refractivity contribution in [3.05, 3.63) is 59.7 Å². The van der Waals surface area contributed by atoms with Crippen molar-refractivity contribution in [1.82, 2.24) is 4.90 Å². The first-order valence-corrected chi connectivity index (χ1v) is 8.33. The Hall–Kier alpha value is -2.82. The van der Waals surface area contributed by atoms with E-state index < -0.39 is 0 Å². The van der Waals surface area contributed by atoms with Crippen molar-refractivity contribution in [2.45, 2.75) is 19.9 Å². The molecule has 5 heteroatoms. The number of hydrogen-bond donors (Lipinski definition) is 1. The Bertz CT molecular complexity index is 771. The van der Waals surface area contributed by atoms with E-state index in [0.717, 1.165) is 22.6 Å². The van der Waals surface area contributed by atoms with Crippen LogP contribution in [0.2, 0.25) is 0 Å². The van der Waals surface area contributed by atoms with Crippen LogP contribution in [0.4, 0.5) is 5.69 Å². The number of nitrogens with one attached hydrogen (secondary N) is 1. The third kappa shape index (κ3) is 4.18. The van der Waals surface area contributed by atoms with Crippen molar-refractivity contribution in [3.63, 3.8) is 0 Å². The van der Waals surface area contributed by atoms with E-state index >= 15 is 0 Å². The van der Waals surface area contributed by atoms with E-state index in [1.54, 1.807) is 12.0 Å². The highest BCUT2D eigenvalue weighted by Gasteiger charge is 2.34. The highest BCUT2D eigenvalue weighted by molar-refractivity contribution is 5.97. The first-order valence-electron chi connectivity index (χ1n) is 8.33. The van der Waals surface area contributed by atoms with Crippen LogP contribution in [0.3, 0.4) is 0 Å². The number of likely N-dealkylation sites (tertiary alicyclic amines) is 1. The molecule has 0 radical (unpaired) electrons. The second-order valence-corrected chi connectivity index (χ2v) is 6.38. The SMILES string of the molecule is COc1cccc(CN2C[C@H](C(=O)Nc3ccc(C)cc3)CC2=O)c1. The van der Waals surface area contributed by atoms with Gasteiger partial charge in [-0.3, -0.25) is 9.59 Å². The summed E-state index contributed by atoms with van der Waals surface area (Å²) in [7, 11) is 1.62. The highest BCUT2D eigenvalue weighted by Crippen LogP contribution is 2.23. The van der Waals surface area contributed by atoms with Crippen LogP contribution in [-0.4, -0.2) is 30.4 Å². The number of ether oxygens (including phenoxy) is 1. The number of aryl methyl sites for hydroxylation is 1. The van der Waals surface area contributed by atoms with Gasteiger partial charge in [0.2, 0.25) is 11.8 Å². The molecule has 0 spiro atoms. The Kier molecular flexibility index (Phi) is 5.03. The Morgan fingerprint density at radius 2 is 2.00 bits per heavy atom. The number of nitrogens with zero attached hydrogens (tertiary/aromatic N) is 1.